The van der Waals surface area contributed by atoms with E-state index in [0.717, 1.165) is 9.75 Å². The van der Waals surface area contributed by atoms with E-state index in [-0.39, 0.29) is 23.4 Å². The van der Waals surface area contributed by atoms with Gasteiger partial charge in [-0.25, -0.2) is 12.8 Å². The van der Waals surface area contributed by atoms with E-state index in [9.17, 15) is 12.8 Å². The molecule has 1 N–H and O–H groups in total. The van der Waals surface area contributed by atoms with E-state index in [1.54, 1.807) is 12.1 Å². The third kappa shape index (κ3) is 3.51. The van der Waals surface area contributed by atoms with Gasteiger partial charge in [-0.2, -0.15) is 0 Å². The highest BCUT2D eigenvalue weighted by molar-refractivity contribution is 7.91. The van der Waals surface area contributed by atoms with Gasteiger partial charge in [0.1, 0.15) is 5.82 Å². The molecule has 1 aliphatic heterocycles. The van der Waals surface area contributed by atoms with Crippen LogP contribution in [0.1, 0.15) is 11.3 Å². The number of benzene rings is 1. The lowest BCUT2D eigenvalue weighted by Gasteiger charge is -2.08. The fourth-order valence-corrected chi connectivity index (χ4v) is 5.17. The smallest absolute Gasteiger partial charge is 0.151 e. The molecule has 0 aliphatic carbocycles. The number of hydrogen-bond acceptors (Lipinski definition) is 4. The van der Waals surface area contributed by atoms with Crippen molar-refractivity contribution < 1.29 is 12.8 Å². The molecule has 21 heavy (non-hydrogen) atoms. The Hall–Kier alpha value is -1.24. The average molecular weight is 325 g/mol. The standard InChI is InChI=1S/C15H16FNO2S2/c16-14-4-2-1-3-13(14)15-6-5-12(20-15)9-17-11-7-8-21(18,19)10-11/h1-6,11,17H,7-10H2. The predicted molar refractivity (Wildman–Crippen MR) is 83.6 cm³/mol. The van der Waals surface area contributed by atoms with Crippen LogP contribution in [0.4, 0.5) is 4.39 Å². The van der Waals surface area contributed by atoms with Gasteiger partial charge >= 0.3 is 0 Å². The van der Waals surface area contributed by atoms with Crippen LogP contribution < -0.4 is 5.32 Å². The molecule has 3 rings (SSSR count). The number of hydrogen-bond donors (Lipinski definition) is 1. The molecule has 1 aromatic carbocycles. The van der Waals surface area contributed by atoms with Gasteiger partial charge in [-0.15, -0.1) is 11.3 Å². The number of halogens is 1. The first kappa shape index (κ1) is 14.7. The molecule has 1 saturated heterocycles. The van der Waals surface area contributed by atoms with Crippen molar-refractivity contribution in [3.05, 3.63) is 47.1 Å². The first-order valence-corrected chi connectivity index (χ1v) is 9.45. The maximum absolute atomic E-state index is 13.7. The molecule has 2 heterocycles. The molecule has 1 aliphatic rings. The Balaban J connectivity index is 1.65. The van der Waals surface area contributed by atoms with Crippen molar-refractivity contribution in [1.29, 1.82) is 0 Å². The SMILES string of the molecule is O=S1(=O)CCC(NCc2ccc(-c3ccccc3F)s2)C1. The topological polar surface area (TPSA) is 46.2 Å². The van der Waals surface area contributed by atoms with Crippen molar-refractivity contribution in [2.24, 2.45) is 0 Å². The van der Waals surface area contributed by atoms with E-state index < -0.39 is 9.84 Å². The minimum atomic E-state index is -2.85. The fourth-order valence-electron chi connectivity index (χ4n) is 2.48. The second kappa shape index (κ2) is 5.87. The molecule has 0 amide bonds. The molecule has 0 spiro atoms. The van der Waals surface area contributed by atoms with Gasteiger partial charge in [0.15, 0.2) is 9.84 Å². The Kier molecular flexibility index (Phi) is 4.10. The van der Waals surface area contributed by atoms with Crippen LogP contribution in [0.15, 0.2) is 36.4 Å². The molecular weight excluding hydrogens is 309 g/mol. The Bertz CT molecular complexity index is 740. The molecule has 1 aromatic heterocycles. The number of sulfone groups is 1. The summed E-state index contributed by atoms with van der Waals surface area (Å²) in [6.07, 6.45) is 0.674. The highest BCUT2D eigenvalue weighted by atomic mass is 32.2. The van der Waals surface area contributed by atoms with Crippen LogP contribution in [-0.4, -0.2) is 26.0 Å². The molecule has 1 atom stereocenters. The molecule has 0 bridgehead atoms. The van der Waals surface area contributed by atoms with Gasteiger partial charge in [0.05, 0.1) is 11.5 Å². The van der Waals surface area contributed by atoms with Gasteiger partial charge in [-0.3, -0.25) is 0 Å². The summed E-state index contributed by atoms with van der Waals surface area (Å²) >= 11 is 1.53. The second-order valence-electron chi connectivity index (χ2n) is 5.23. The van der Waals surface area contributed by atoms with E-state index >= 15 is 0 Å². The van der Waals surface area contributed by atoms with Gasteiger partial charge in [-0.05, 0) is 24.6 Å². The Morgan fingerprint density at radius 2 is 2.05 bits per heavy atom. The van der Waals surface area contributed by atoms with Crippen molar-refractivity contribution >= 4 is 21.2 Å². The van der Waals surface area contributed by atoms with Crippen molar-refractivity contribution in [2.75, 3.05) is 11.5 Å². The molecule has 1 fully saturated rings. The third-order valence-corrected chi connectivity index (χ3v) is 6.48. The van der Waals surface area contributed by atoms with E-state index in [2.05, 4.69) is 5.32 Å². The number of thiophene rings is 1. The minimum Gasteiger partial charge on any atom is -0.308 e. The van der Waals surface area contributed by atoms with Crippen LogP contribution in [0, 0.1) is 5.82 Å². The molecule has 0 radical (unpaired) electrons. The van der Waals surface area contributed by atoms with Crippen molar-refractivity contribution in [1.82, 2.24) is 5.32 Å². The van der Waals surface area contributed by atoms with Gasteiger partial charge < -0.3 is 5.32 Å². The minimum absolute atomic E-state index is 0.0361. The first-order valence-electron chi connectivity index (χ1n) is 6.81. The molecule has 3 nitrogen and oxygen atoms in total. The van der Waals surface area contributed by atoms with Crippen LogP contribution >= 0.6 is 11.3 Å². The summed E-state index contributed by atoms with van der Waals surface area (Å²) in [6, 6.07) is 10.6. The van der Waals surface area contributed by atoms with Crippen LogP contribution in [0.2, 0.25) is 0 Å². The summed E-state index contributed by atoms with van der Waals surface area (Å²) in [4.78, 5) is 1.97. The van der Waals surface area contributed by atoms with Crippen LogP contribution in [0.5, 0.6) is 0 Å². The predicted octanol–water partition coefficient (Wildman–Crippen LogP) is 2.83. The Morgan fingerprint density at radius 3 is 2.76 bits per heavy atom. The third-order valence-electron chi connectivity index (χ3n) is 3.60. The average Bonchev–Trinajstić information content (AvgIpc) is 3.03. The van der Waals surface area contributed by atoms with Crippen molar-refractivity contribution in [3.8, 4) is 10.4 Å². The lowest BCUT2D eigenvalue weighted by molar-refractivity contribution is 0.557. The van der Waals surface area contributed by atoms with E-state index in [1.165, 1.54) is 17.4 Å². The maximum Gasteiger partial charge on any atom is 0.151 e. The summed E-state index contributed by atoms with van der Waals surface area (Å²) in [5.41, 5.74) is 0.609. The summed E-state index contributed by atoms with van der Waals surface area (Å²) in [5.74, 6) is 0.273. The Labute approximate surface area is 127 Å². The summed E-state index contributed by atoms with van der Waals surface area (Å²) in [5, 5.41) is 3.27. The molecule has 112 valence electrons. The molecule has 0 saturated carbocycles. The lowest BCUT2D eigenvalue weighted by atomic mass is 10.2. The quantitative estimate of drug-likeness (QED) is 0.940. The zero-order chi connectivity index (χ0) is 14.9. The highest BCUT2D eigenvalue weighted by Crippen LogP contribution is 2.30. The van der Waals surface area contributed by atoms with Gasteiger partial charge in [-0.1, -0.05) is 18.2 Å². The maximum atomic E-state index is 13.7. The normalized spacial score (nSPS) is 20.7. The lowest BCUT2D eigenvalue weighted by Crippen LogP contribution is -2.29. The van der Waals surface area contributed by atoms with Gasteiger partial charge in [0.25, 0.3) is 0 Å². The summed E-state index contributed by atoms with van der Waals surface area (Å²) in [7, 11) is -2.85. The van der Waals surface area contributed by atoms with Gasteiger partial charge in [0.2, 0.25) is 0 Å². The van der Waals surface area contributed by atoms with Crippen molar-refractivity contribution in [3.63, 3.8) is 0 Å². The largest absolute Gasteiger partial charge is 0.308 e. The highest BCUT2D eigenvalue weighted by Gasteiger charge is 2.27. The number of nitrogens with one attached hydrogen (secondary N) is 1. The van der Waals surface area contributed by atoms with E-state index in [0.29, 0.717) is 18.5 Å². The number of rotatable bonds is 4. The molecular formula is C15H16FNO2S2. The summed E-state index contributed by atoms with van der Waals surface area (Å²) < 4.78 is 36.5. The Morgan fingerprint density at radius 1 is 1.24 bits per heavy atom. The van der Waals surface area contributed by atoms with E-state index in [4.69, 9.17) is 0 Å². The monoisotopic (exact) mass is 325 g/mol. The fraction of sp³-hybridized carbons (Fsp3) is 0.333. The zero-order valence-corrected chi connectivity index (χ0v) is 13.0. The molecule has 6 heteroatoms. The van der Waals surface area contributed by atoms with Crippen LogP contribution in [0.3, 0.4) is 0 Å². The van der Waals surface area contributed by atoms with Crippen LogP contribution in [-0.2, 0) is 16.4 Å². The van der Waals surface area contributed by atoms with Crippen molar-refractivity contribution in [2.45, 2.75) is 19.0 Å². The zero-order valence-electron chi connectivity index (χ0n) is 11.4. The first-order chi connectivity index (χ1) is 10.0. The summed E-state index contributed by atoms with van der Waals surface area (Å²) in [6.45, 7) is 0.624. The van der Waals surface area contributed by atoms with E-state index in [1.807, 2.05) is 18.2 Å². The molecule has 2 aromatic rings. The van der Waals surface area contributed by atoms with Gasteiger partial charge in [0, 0.05) is 27.9 Å². The second-order valence-corrected chi connectivity index (χ2v) is 8.62. The van der Waals surface area contributed by atoms with Crippen LogP contribution in [0.25, 0.3) is 10.4 Å². The molecule has 1 unspecified atom stereocenters.